The average molecular weight is 2200 g/mol. The lowest BCUT2D eigenvalue weighted by Gasteiger charge is -2.38. The van der Waals surface area contributed by atoms with E-state index >= 15 is 0 Å². The van der Waals surface area contributed by atoms with Gasteiger partial charge in [-0.2, -0.15) is 8.42 Å². The second-order valence-corrected chi connectivity index (χ2v) is 49.7. The molecule has 0 saturated heterocycles. The Hall–Kier alpha value is -10.1. The van der Waals surface area contributed by atoms with E-state index in [0.29, 0.717) is 119 Å². The number of hydrogen-bond donors (Lipinski definition) is 10. The van der Waals surface area contributed by atoms with Gasteiger partial charge in [-0.15, -0.1) is 45.3 Å². The van der Waals surface area contributed by atoms with Gasteiger partial charge in [0, 0.05) is 140 Å². The molecule has 11 N–H and O–H groups in total. The van der Waals surface area contributed by atoms with Crippen LogP contribution in [0, 0.1) is 69.1 Å². The number of aromatic nitrogens is 8. The third-order valence-corrected chi connectivity index (χ3v) is 36.0. The zero-order valence-corrected chi connectivity index (χ0v) is 92.4. The molecule has 30 nitrogen and oxygen atoms in total. The van der Waals surface area contributed by atoms with Crippen molar-refractivity contribution in [3.63, 3.8) is 0 Å². The van der Waals surface area contributed by atoms with Gasteiger partial charge in [0.05, 0.1) is 78.6 Å². The van der Waals surface area contributed by atoms with Crippen LogP contribution in [-0.4, -0.2) is 215 Å². The number of carbonyl (C=O) groups excluding carboxylic acids is 5. The Morgan fingerprint density at radius 2 is 0.752 bits per heavy atom. The van der Waals surface area contributed by atoms with Crippen LogP contribution in [0.5, 0.6) is 0 Å². The molecule has 0 spiro atoms. The van der Waals surface area contributed by atoms with Crippen molar-refractivity contribution < 1.29 is 61.7 Å². The number of benzene rings is 4. The van der Waals surface area contributed by atoms with E-state index in [1.165, 1.54) is 105 Å². The van der Waals surface area contributed by atoms with Crippen molar-refractivity contribution in [3.8, 4) is 0 Å². The van der Waals surface area contributed by atoms with Gasteiger partial charge in [0.1, 0.15) is 54.2 Å². The van der Waals surface area contributed by atoms with Gasteiger partial charge in [0.2, 0.25) is 23.1 Å². The fraction of sp³-hybridized carbons (Fsp3) is 0.445. The fourth-order valence-electron chi connectivity index (χ4n) is 22.5. The summed E-state index contributed by atoms with van der Waals surface area (Å²) >= 11 is 31.3. The predicted octanol–water partition coefficient (Wildman–Crippen LogP) is 19.4. The van der Waals surface area contributed by atoms with Crippen molar-refractivity contribution in [1.82, 2.24) is 59.9 Å². The van der Waals surface area contributed by atoms with Crippen LogP contribution < -0.4 is 31.7 Å². The summed E-state index contributed by atoms with van der Waals surface area (Å²) in [6.07, 6.45) is 20.5. The summed E-state index contributed by atoms with van der Waals surface area (Å²) in [5, 5.41) is 64.2. The zero-order chi connectivity index (χ0) is 106. The summed E-state index contributed by atoms with van der Waals surface area (Å²) in [7, 11) is 0.111. The lowest BCUT2D eigenvalue weighted by molar-refractivity contribution is 0.0177. The summed E-state index contributed by atoms with van der Waals surface area (Å²) in [6.45, 7) is 23.7. The highest BCUT2D eigenvalue weighted by molar-refractivity contribution is 7.84. The smallest absolute Gasteiger partial charge is 0.411 e. The maximum atomic E-state index is 13.9. The number of halogens is 4. The second kappa shape index (κ2) is 47.6. The summed E-state index contributed by atoms with van der Waals surface area (Å²) in [5.41, 5.74) is 14.7. The van der Waals surface area contributed by atoms with Crippen molar-refractivity contribution in [2.75, 3.05) is 88.0 Å². The third-order valence-electron chi connectivity index (χ3n) is 30.3. The summed E-state index contributed by atoms with van der Waals surface area (Å²) in [6, 6.07) is 31.8. The van der Waals surface area contributed by atoms with Gasteiger partial charge in [-0.1, -0.05) is 91.4 Å². The number of ether oxygens (including phenoxy) is 1. The van der Waals surface area contributed by atoms with Crippen molar-refractivity contribution in [2.45, 2.75) is 206 Å². The van der Waals surface area contributed by atoms with Gasteiger partial charge in [0.15, 0.2) is 0 Å². The number of nitrogens with two attached hydrogens (primary N) is 1. The van der Waals surface area contributed by atoms with Gasteiger partial charge in [-0.3, -0.25) is 38.1 Å². The molecule has 1 amide bonds. The van der Waals surface area contributed by atoms with Crippen LogP contribution in [0.4, 0.5) is 28.1 Å². The monoisotopic (exact) mass is 2190 g/mol. The van der Waals surface area contributed by atoms with E-state index in [1.54, 1.807) is 23.5 Å². The Kier molecular flexibility index (Phi) is 35.2. The van der Waals surface area contributed by atoms with E-state index in [-0.39, 0.29) is 110 Å². The number of fused-ring (bicyclic) bond motifs is 4. The molecule has 8 aliphatic rings. The third kappa shape index (κ3) is 25.5. The molecule has 0 bridgehead atoms. The molecule has 4 saturated carbocycles. The normalized spacial score (nSPS) is 23.5. The number of hydrogen-bond acceptors (Lipinski definition) is 32. The van der Waals surface area contributed by atoms with Crippen LogP contribution in [0.1, 0.15) is 264 Å². The molecule has 4 aromatic carbocycles. The summed E-state index contributed by atoms with van der Waals surface area (Å²) in [5.74, 6) is 3.10. The van der Waals surface area contributed by atoms with Crippen LogP contribution in [0.15, 0.2) is 147 Å². The maximum Gasteiger partial charge on any atom is 0.411 e. The number of nitrogens with one attached hydrogen (secondary N) is 5. The minimum Gasteiger partial charge on any atom is -0.444 e. The Balaban J connectivity index is 0.000000136. The molecule has 4 aliphatic carbocycles. The molecule has 149 heavy (non-hydrogen) atoms. The number of aryl methyl sites for hydroxylation is 4. The molecule has 0 radical (unpaired) electrons. The Morgan fingerprint density at radius 3 is 1.10 bits per heavy atom. The number of anilines is 4. The number of aliphatic hydroxyl groups excluding tert-OH is 4. The topological polar surface area (TPSA) is 418 Å². The van der Waals surface area contributed by atoms with Crippen LogP contribution in [0.3, 0.4) is 0 Å². The number of aliphatic hydroxyl groups is 4. The molecule has 4 fully saturated rings. The number of rotatable bonds is 26. The first-order valence-corrected chi connectivity index (χ1v) is 56.8. The molecular weight excluding hydrogens is 2070 g/mol. The second-order valence-electron chi connectivity index (χ2n) is 41.7. The molecule has 39 heteroatoms. The molecule has 20 rings (SSSR count). The quantitative estimate of drug-likeness (QED) is 0.0225. The molecule has 12 aromatic rings. The largest absolute Gasteiger partial charge is 0.444 e. The SMILES string of the molecule is Cc1sc(C(=O)c2cncnc2N[C@@H]2C[C@H](CO)[C@@H](C)C2)cc1[C@@H]1NCCc2ccc(Cl)cc21.Cc1sc(C(=O)c2cncnc2N[C@@H]2C[C@H](CO)[C@@H](C)C2)cc1[C@H]1c2cc(Cl)ccc2CCN1C.Cc1sc(C(=O)c2cncnc2N[C@@H]2C[C@H](CO)[C@@H](C)C2)cc1[C@H]1c2cc(Cl)ccc2CCN1C(=O)OC(C)(C)C.Cc1sc(C(=O)c2cncnc2N[C@@H]2C[C@H](COS(N)(=O)=O)[C@@H](O)C2)cc1[C@H]1c2cc(Cl)ccc2CCN1C. The van der Waals surface area contributed by atoms with Gasteiger partial charge in [-0.05, 0) is 315 Å². The predicted molar refractivity (Wildman–Crippen MR) is 587 cm³/mol. The van der Waals surface area contributed by atoms with E-state index < -0.39 is 40.1 Å². The number of ketones is 4. The molecule has 12 heterocycles. The highest BCUT2D eigenvalue weighted by Crippen LogP contribution is 2.48. The number of amides is 1. The van der Waals surface area contributed by atoms with E-state index in [2.05, 4.69) is 153 Å². The Morgan fingerprint density at radius 1 is 0.436 bits per heavy atom. The fourth-order valence-corrected chi connectivity index (χ4v) is 27.6. The van der Waals surface area contributed by atoms with Crippen LogP contribution in [-0.2, 0) is 44.9 Å². The number of carbonyl (C=O) groups is 5. The highest BCUT2D eigenvalue weighted by atomic mass is 35.5. The van der Waals surface area contributed by atoms with Crippen molar-refractivity contribution in [2.24, 2.45) is 46.6 Å². The average Bonchev–Trinajstić information content (AvgIpc) is 1.20. The molecule has 788 valence electrons. The first kappa shape index (κ1) is 110. The molecule has 8 aromatic heterocycles. The number of thiophene rings is 4. The first-order chi connectivity index (χ1) is 71.2. The summed E-state index contributed by atoms with van der Waals surface area (Å²) < 4.78 is 32.7. The Labute approximate surface area is 905 Å². The number of nitrogens with zero attached hydrogens (tertiary/aromatic N) is 11. The van der Waals surface area contributed by atoms with Crippen molar-refractivity contribution in [1.29, 1.82) is 0 Å². The molecule has 4 aliphatic heterocycles. The number of likely N-dealkylation sites (N-methyl/N-ethyl adjacent to an activating group) is 2. The lowest BCUT2D eigenvalue weighted by Crippen LogP contribution is -2.43. The molecular formula is C110H127Cl4N17O13S5. The minimum absolute atomic E-state index is 0.00803. The van der Waals surface area contributed by atoms with Gasteiger partial charge >= 0.3 is 16.4 Å². The lowest BCUT2D eigenvalue weighted by atomic mass is 9.88. The zero-order valence-electron chi connectivity index (χ0n) is 85.2. The Bertz CT molecular complexity index is 7040. The van der Waals surface area contributed by atoms with Crippen LogP contribution >= 0.6 is 91.8 Å². The highest BCUT2D eigenvalue weighted by Gasteiger charge is 2.43. The van der Waals surface area contributed by atoms with Crippen LogP contribution in [0.2, 0.25) is 20.1 Å². The molecule has 16 atom stereocenters. The first-order valence-electron chi connectivity index (χ1n) is 50.6. The van der Waals surface area contributed by atoms with Crippen LogP contribution in [0.25, 0.3) is 0 Å². The maximum absolute atomic E-state index is 13.9. The van der Waals surface area contributed by atoms with E-state index in [9.17, 15) is 52.8 Å². The van der Waals surface area contributed by atoms with Gasteiger partial charge in [-0.25, -0.2) is 49.8 Å². The van der Waals surface area contributed by atoms with Crippen molar-refractivity contribution >= 4 is 155 Å². The standard InChI is InChI=1S/C31H37ClN4O4S.C27H31ClN4O2S.C26H30ClN5O5S2.C26H29ClN4O2S/c1-17-10-22(11-20(17)15-37)35-29-25(14-33-16-34-29)28(38)26-13-23(18(2)41-26)27-24-12-21(32)7-6-19(24)8-9-36(27)30(39)40-31(3,4)5;1-15-8-20(9-18(15)13-33)31-27-23(12-29-14-30-27)26(34)24-11-21(16(2)35-24)25-22-10-19(28)5-4-17(22)6-7-32(25)3;1-14-19(24-20-8-17(27)4-3-15(20)5-6-32(24)2)10-23(38-14)25(34)21-11-29-13-30-26(21)31-18-7-16(22(33)9-18)12-37-39(28,35)36;1-14-7-19(8-17(14)12-32)31-26-22(11-28-13-30-26)25(33)23-10-20(15(2)34-23)24-21-9-18(27)4-3-16(21)5-6-29-24/h6-7,12-14,16-17,20,22,27,37H,8-11,15H2,1-5H3,(H,33,34,35);4-5,10-12,14-15,18,20,25,33H,6-9,13H2,1-3H3,(H,29,30,31);3-4,8,10-11,13,16,18,22,24,33H,5-7,9,12H2,1-2H3,(H2,28,35,36)(H,29,30,31);3-4,9-11,13-14,17,19,24,29,32H,5-8,12H2,1-2H3,(H,28,30,31)/t17-,20+,22-,27-;15-,18+,20-,25-;16-,18-,22+,24+;14-,17+,19-,24-/m0010/s1. The van der Waals surface area contributed by atoms with E-state index in [0.717, 1.165) is 146 Å². The van der Waals surface area contributed by atoms with E-state index in [4.69, 9.17) is 56.3 Å². The van der Waals surface area contributed by atoms with E-state index in [1.807, 2.05) is 107 Å². The van der Waals surface area contributed by atoms with Gasteiger partial charge in [0.25, 0.3) is 0 Å². The molecule has 0 unspecified atom stereocenters. The van der Waals surface area contributed by atoms with Gasteiger partial charge < -0.3 is 51.7 Å². The summed E-state index contributed by atoms with van der Waals surface area (Å²) in [4.78, 5) is 115. The minimum atomic E-state index is -4.10. The van der Waals surface area contributed by atoms with Crippen molar-refractivity contribution in [3.05, 3.63) is 295 Å².